The summed E-state index contributed by atoms with van der Waals surface area (Å²) in [4.78, 5) is 0. The predicted octanol–water partition coefficient (Wildman–Crippen LogP) is 5.95. The summed E-state index contributed by atoms with van der Waals surface area (Å²) in [7, 11) is 0. The summed E-state index contributed by atoms with van der Waals surface area (Å²) in [5, 5.41) is 32.5. The van der Waals surface area contributed by atoms with Crippen molar-refractivity contribution in [1.82, 2.24) is 0 Å². The molecule has 0 radical (unpaired) electrons. The first-order valence-corrected chi connectivity index (χ1v) is 13.6. The van der Waals surface area contributed by atoms with Gasteiger partial charge < -0.3 is 15.3 Å². The van der Waals surface area contributed by atoms with Gasteiger partial charge in [-0.1, -0.05) is 40.5 Å². The zero-order valence-corrected chi connectivity index (χ0v) is 21.0. The lowest BCUT2D eigenvalue weighted by atomic mass is 9.44. The second kappa shape index (κ2) is 8.27. The lowest BCUT2D eigenvalue weighted by Gasteiger charge is -2.62. The van der Waals surface area contributed by atoms with Crippen molar-refractivity contribution in [3.63, 3.8) is 0 Å². The first-order valence-electron chi connectivity index (χ1n) is 13.6. The minimum atomic E-state index is -0.871. The van der Waals surface area contributed by atoms with E-state index in [0.29, 0.717) is 17.8 Å². The Bertz CT molecular complexity index is 646. The molecule has 0 aromatic carbocycles. The van der Waals surface area contributed by atoms with E-state index in [1.165, 1.54) is 57.8 Å². The molecule has 4 fully saturated rings. The normalized spacial score (nSPS) is 48.8. The summed E-state index contributed by atoms with van der Waals surface area (Å²) >= 11 is 0. The Morgan fingerprint density at radius 3 is 2.35 bits per heavy atom. The summed E-state index contributed by atoms with van der Waals surface area (Å²) in [5.74, 6) is 3.32. The van der Waals surface area contributed by atoms with Crippen LogP contribution in [0.2, 0.25) is 0 Å². The van der Waals surface area contributed by atoms with Gasteiger partial charge in [-0.3, -0.25) is 0 Å². The summed E-state index contributed by atoms with van der Waals surface area (Å²) in [5.41, 5.74) is -0.927. The molecule has 0 spiro atoms. The average Bonchev–Trinajstić information content (AvgIpc) is 3.03. The lowest BCUT2D eigenvalue weighted by molar-refractivity contribution is -0.170. The van der Waals surface area contributed by atoms with Gasteiger partial charge in [0.2, 0.25) is 0 Å². The van der Waals surface area contributed by atoms with Crippen LogP contribution in [0.25, 0.3) is 0 Å². The van der Waals surface area contributed by atoms with E-state index in [2.05, 4.69) is 20.8 Å². The van der Waals surface area contributed by atoms with Gasteiger partial charge in [-0.2, -0.15) is 0 Å². The Morgan fingerprint density at radius 2 is 1.65 bits per heavy atom. The van der Waals surface area contributed by atoms with Crippen molar-refractivity contribution in [1.29, 1.82) is 0 Å². The average molecular weight is 435 g/mol. The van der Waals surface area contributed by atoms with E-state index in [1.807, 2.05) is 13.8 Å². The number of hydrogen-bond acceptors (Lipinski definition) is 3. The third-order valence-corrected chi connectivity index (χ3v) is 12.0. The summed E-state index contributed by atoms with van der Waals surface area (Å²) in [6.45, 7) is 11.0. The molecular formula is C28H50O3. The Balaban J connectivity index is 1.50. The first-order chi connectivity index (χ1) is 14.5. The van der Waals surface area contributed by atoms with Crippen LogP contribution in [0.5, 0.6) is 0 Å². The Hall–Kier alpha value is -0.120. The Labute approximate surface area is 191 Å². The molecule has 0 aromatic heterocycles. The Morgan fingerprint density at radius 1 is 0.935 bits per heavy atom. The van der Waals surface area contributed by atoms with E-state index < -0.39 is 11.2 Å². The van der Waals surface area contributed by atoms with Crippen molar-refractivity contribution < 1.29 is 15.3 Å². The monoisotopic (exact) mass is 434 g/mol. The van der Waals surface area contributed by atoms with Gasteiger partial charge in [-0.05, 0) is 112 Å². The summed E-state index contributed by atoms with van der Waals surface area (Å²) in [6.07, 6.45) is 14.6. The molecule has 4 saturated carbocycles. The van der Waals surface area contributed by atoms with Crippen molar-refractivity contribution in [2.24, 2.45) is 46.3 Å². The van der Waals surface area contributed by atoms with E-state index in [1.54, 1.807) is 0 Å². The highest BCUT2D eigenvalue weighted by Gasteiger charge is 2.65. The van der Waals surface area contributed by atoms with Crippen molar-refractivity contribution in [3.8, 4) is 0 Å². The molecular weight excluding hydrogens is 384 g/mol. The van der Waals surface area contributed by atoms with Crippen LogP contribution >= 0.6 is 0 Å². The van der Waals surface area contributed by atoms with Crippen LogP contribution in [0, 0.1) is 46.3 Å². The molecule has 2 unspecified atom stereocenters. The van der Waals surface area contributed by atoms with Crippen LogP contribution in [-0.4, -0.2) is 33.1 Å². The molecule has 10 atom stereocenters. The minimum absolute atomic E-state index is 0.00820. The number of rotatable bonds is 6. The predicted molar refractivity (Wildman–Crippen MR) is 127 cm³/mol. The van der Waals surface area contributed by atoms with Crippen LogP contribution in [0.15, 0.2) is 0 Å². The molecule has 0 bridgehead atoms. The molecule has 180 valence electrons. The van der Waals surface area contributed by atoms with Gasteiger partial charge in [-0.15, -0.1) is 0 Å². The van der Waals surface area contributed by atoms with Crippen molar-refractivity contribution in [2.75, 3.05) is 6.61 Å². The van der Waals surface area contributed by atoms with Crippen LogP contribution in [0.1, 0.15) is 112 Å². The molecule has 4 aliphatic carbocycles. The van der Waals surface area contributed by atoms with E-state index >= 15 is 0 Å². The molecule has 3 heteroatoms. The third kappa shape index (κ3) is 3.64. The number of aliphatic hydroxyl groups excluding tert-OH is 1. The quantitative estimate of drug-likeness (QED) is 0.484. The highest BCUT2D eigenvalue weighted by Crippen LogP contribution is 2.69. The van der Waals surface area contributed by atoms with Crippen molar-refractivity contribution in [2.45, 2.75) is 123 Å². The zero-order valence-electron chi connectivity index (χ0n) is 21.0. The fourth-order valence-electron chi connectivity index (χ4n) is 9.35. The number of fused-ring (bicyclic) bond motifs is 5. The highest BCUT2D eigenvalue weighted by molar-refractivity contribution is 5.15. The van der Waals surface area contributed by atoms with Crippen molar-refractivity contribution in [3.05, 3.63) is 0 Å². The Kier molecular flexibility index (Phi) is 6.41. The zero-order chi connectivity index (χ0) is 22.7. The van der Waals surface area contributed by atoms with Gasteiger partial charge in [0.25, 0.3) is 0 Å². The molecule has 4 rings (SSSR count). The van der Waals surface area contributed by atoms with E-state index in [9.17, 15) is 15.3 Å². The molecule has 3 N–H and O–H groups in total. The number of aliphatic hydroxyl groups is 3. The standard InChI is InChI=1S/C28H50O3/c1-19(11-16-27(5,30)20(2)18-29)28(31)17-13-24-22-10-9-21-8-6-7-14-25(21,3)23(22)12-15-26(24,28)4/h19-24,29-31H,6-18H2,1-5H3/t19-,20?,21?,22-,23+,24+,25+,26+,27-,28+/m1/s1. The van der Waals surface area contributed by atoms with E-state index in [0.717, 1.165) is 30.6 Å². The maximum absolute atomic E-state index is 12.2. The third-order valence-electron chi connectivity index (χ3n) is 12.0. The first kappa shape index (κ1) is 24.0. The highest BCUT2D eigenvalue weighted by atomic mass is 16.3. The smallest absolute Gasteiger partial charge is 0.0729 e. The largest absolute Gasteiger partial charge is 0.396 e. The van der Waals surface area contributed by atoms with E-state index in [4.69, 9.17) is 0 Å². The minimum Gasteiger partial charge on any atom is -0.396 e. The van der Waals surface area contributed by atoms with Gasteiger partial charge >= 0.3 is 0 Å². The molecule has 31 heavy (non-hydrogen) atoms. The molecule has 0 aromatic rings. The van der Waals surface area contributed by atoms with Crippen molar-refractivity contribution >= 4 is 0 Å². The molecule has 3 nitrogen and oxygen atoms in total. The van der Waals surface area contributed by atoms with Crippen LogP contribution in [0.3, 0.4) is 0 Å². The molecule has 4 aliphatic rings. The second-order valence-electron chi connectivity index (χ2n) is 13.2. The fourth-order valence-corrected chi connectivity index (χ4v) is 9.35. The van der Waals surface area contributed by atoms with Crippen LogP contribution in [0.4, 0.5) is 0 Å². The maximum Gasteiger partial charge on any atom is 0.0729 e. The lowest BCUT2D eigenvalue weighted by Crippen LogP contribution is -2.57. The molecule has 0 saturated heterocycles. The van der Waals surface area contributed by atoms with E-state index in [-0.39, 0.29) is 23.9 Å². The topological polar surface area (TPSA) is 60.7 Å². The summed E-state index contributed by atoms with van der Waals surface area (Å²) < 4.78 is 0. The molecule has 0 heterocycles. The van der Waals surface area contributed by atoms with Gasteiger partial charge in [0.15, 0.2) is 0 Å². The SMILES string of the molecule is CC(CO)[C@](C)(O)CC[C@@H](C)[C@@]1(O)CC[C@H]2[C@@H]3CCC4CCCC[C@]4(C)[C@H]3CC[C@@]21C. The molecule has 0 aliphatic heterocycles. The fraction of sp³-hybridized carbons (Fsp3) is 1.00. The summed E-state index contributed by atoms with van der Waals surface area (Å²) in [6, 6.07) is 0. The van der Waals surface area contributed by atoms with Crippen LogP contribution in [-0.2, 0) is 0 Å². The van der Waals surface area contributed by atoms with Gasteiger partial charge in [0.1, 0.15) is 0 Å². The maximum atomic E-state index is 12.2. The second-order valence-corrected chi connectivity index (χ2v) is 13.2. The van der Waals surface area contributed by atoms with Gasteiger partial charge in [0.05, 0.1) is 11.2 Å². The molecule has 0 amide bonds. The van der Waals surface area contributed by atoms with Gasteiger partial charge in [-0.25, -0.2) is 0 Å². The number of hydrogen-bond donors (Lipinski definition) is 3. The van der Waals surface area contributed by atoms with Gasteiger partial charge in [0, 0.05) is 12.5 Å². The van der Waals surface area contributed by atoms with Crippen LogP contribution < -0.4 is 0 Å².